The first kappa shape index (κ1) is 26.3. The van der Waals surface area contributed by atoms with Crippen molar-refractivity contribution in [3.63, 3.8) is 0 Å². The van der Waals surface area contributed by atoms with Crippen molar-refractivity contribution in [3.8, 4) is 0 Å². The van der Waals surface area contributed by atoms with Gasteiger partial charge < -0.3 is 2.85 Å². The SMILES string of the molecule is Cc1ccc(S(=O)(=O)NCCNS(=O)(=O)c2ccc(C)cc2)cc1.[H-].[H-].[Na+].[Na+]. The van der Waals surface area contributed by atoms with Gasteiger partial charge in [0.05, 0.1) is 9.79 Å². The van der Waals surface area contributed by atoms with E-state index in [1.807, 2.05) is 13.8 Å². The maximum Gasteiger partial charge on any atom is 1.00 e. The molecule has 0 aliphatic heterocycles. The Hall–Kier alpha value is 0.260. The van der Waals surface area contributed by atoms with Gasteiger partial charge in [0.25, 0.3) is 0 Å². The molecule has 0 amide bonds. The van der Waals surface area contributed by atoms with Gasteiger partial charge in [-0.1, -0.05) is 35.4 Å². The van der Waals surface area contributed by atoms with Gasteiger partial charge in [-0.3, -0.25) is 0 Å². The first-order chi connectivity index (χ1) is 11.2. The molecule has 0 aliphatic rings. The van der Waals surface area contributed by atoms with Crippen LogP contribution < -0.4 is 68.6 Å². The van der Waals surface area contributed by atoms with Crippen LogP contribution in [0.2, 0.25) is 0 Å². The molecule has 0 unspecified atom stereocenters. The van der Waals surface area contributed by atoms with Gasteiger partial charge in [-0.05, 0) is 38.1 Å². The fourth-order valence-corrected chi connectivity index (χ4v) is 4.04. The van der Waals surface area contributed by atoms with Gasteiger partial charge in [-0.25, -0.2) is 26.3 Å². The summed E-state index contributed by atoms with van der Waals surface area (Å²) in [5.74, 6) is 0. The zero-order valence-electron chi connectivity index (χ0n) is 17.5. The standard InChI is InChI=1S/C16H20N2O4S2.2Na.2H/c1-13-3-7-15(8-4-13)23(19,20)17-11-12-18-24(21,22)16-9-5-14(2)6-10-16;;;;/h3-10,17-18H,11-12H2,1-2H3;;;;/q;2*+1;2*-1. The van der Waals surface area contributed by atoms with Crippen LogP contribution in [0.25, 0.3) is 0 Å². The van der Waals surface area contributed by atoms with Crippen LogP contribution in [-0.4, -0.2) is 29.9 Å². The molecule has 0 aromatic heterocycles. The minimum absolute atomic E-state index is 0. The van der Waals surface area contributed by atoms with Crippen LogP contribution in [-0.2, 0) is 20.0 Å². The Kier molecular flexibility index (Phi) is 11.4. The van der Waals surface area contributed by atoms with Crippen molar-refractivity contribution >= 4 is 20.0 Å². The number of sulfonamides is 2. The predicted octanol–water partition coefficient (Wildman–Crippen LogP) is -4.21. The molecule has 26 heavy (non-hydrogen) atoms. The third kappa shape index (κ3) is 7.71. The molecule has 2 aromatic rings. The normalized spacial score (nSPS) is 11.3. The zero-order valence-corrected chi connectivity index (χ0v) is 21.1. The second-order valence-electron chi connectivity index (χ2n) is 5.42. The fourth-order valence-electron chi connectivity index (χ4n) is 1.97. The molecule has 0 fully saturated rings. The topological polar surface area (TPSA) is 92.3 Å². The summed E-state index contributed by atoms with van der Waals surface area (Å²) in [7, 11) is -7.30. The molecule has 134 valence electrons. The van der Waals surface area contributed by atoms with E-state index in [1.54, 1.807) is 24.3 Å². The van der Waals surface area contributed by atoms with Gasteiger partial charge in [0.1, 0.15) is 0 Å². The maximum atomic E-state index is 12.1. The predicted molar refractivity (Wildman–Crippen MR) is 95.0 cm³/mol. The quantitative estimate of drug-likeness (QED) is 0.354. The largest absolute Gasteiger partial charge is 1.00 e. The van der Waals surface area contributed by atoms with Gasteiger partial charge in [-0.2, -0.15) is 0 Å². The summed E-state index contributed by atoms with van der Waals surface area (Å²) in [6.07, 6.45) is 0. The molecule has 0 bridgehead atoms. The van der Waals surface area contributed by atoms with E-state index in [0.29, 0.717) is 0 Å². The van der Waals surface area contributed by atoms with E-state index in [1.165, 1.54) is 24.3 Å². The summed E-state index contributed by atoms with van der Waals surface area (Å²) in [5.41, 5.74) is 1.92. The number of nitrogens with one attached hydrogen (secondary N) is 2. The molecule has 2 aromatic carbocycles. The molecule has 2 N–H and O–H groups in total. The molecular weight excluding hydrogens is 394 g/mol. The van der Waals surface area contributed by atoms with Crippen molar-refractivity contribution in [3.05, 3.63) is 59.7 Å². The minimum Gasteiger partial charge on any atom is -1.00 e. The van der Waals surface area contributed by atoms with E-state index in [0.717, 1.165) is 11.1 Å². The van der Waals surface area contributed by atoms with Crippen LogP contribution in [0, 0.1) is 13.8 Å². The Morgan fingerprint density at radius 1 is 0.654 bits per heavy atom. The van der Waals surface area contributed by atoms with Gasteiger partial charge in [0.2, 0.25) is 20.0 Å². The summed E-state index contributed by atoms with van der Waals surface area (Å²) in [4.78, 5) is 0.295. The number of benzene rings is 2. The number of aryl methyl sites for hydroxylation is 2. The molecule has 0 spiro atoms. The third-order valence-corrected chi connectivity index (χ3v) is 6.33. The summed E-state index contributed by atoms with van der Waals surface area (Å²) in [6, 6.07) is 12.8. The Morgan fingerprint density at radius 3 is 1.19 bits per heavy atom. The number of rotatable bonds is 7. The summed E-state index contributed by atoms with van der Waals surface area (Å²) < 4.78 is 53.1. The Bertz CT molecular complexity index is 831. The maximum absolute atomic E-state index is 12.1. The molecule has 0 aliphatic carbocycles. The van der Waals surface area contributed by atoms with Crippen LogP contribution >= 0.6 is 0 Å². The first-order valence-corrected chi connectivity index (χ1v) is 10.3. The average Bonchev–Trinajstić information content (AvgIpc) is 2.52. The molecular formula is C16H22N2Na2O4S2. The van der Waals surface area contributed by atoms with Gasteiger partial charge in [0.15, 0.2) is 0 Å². The summed E-state index contributed by atoms with van der Waals surface area (Å²) >= 11 is 0. The van der Waals surface area contributed by atoms with Crippen molar-refractivity contribution < 1.29 is 78.8 Å². The Balaban J connectivity index is -0.00000156. The Labute approximate surface area is 202 Å². The van der Waals surface area contributed by atoms with Crippen molar-refractivity contribution in [1.29, 1.82) is 0 Å². The molecule has 0 atom stereocenters. The summed E-state index contributed by atoms with van der Waals surface area (Å²) in [6.45, 7) is 3.65. The van der Waals surface area contributed by atoms with Crippen LogP contribution in [0.15, 0.2) is 58.3 Å². The summed E-state index contributed by atoms with van der Waals surface area (Å²) in [5, 5.41) is 0. The van der Waals surface area contributed by atoms with Crippen LogP contribution in [0.1, 0.15) is 14.0 Å². The Morgan fingerprint density at radius 2 is 0.923 bits per heavy atom. The van der Waals surface area contributed by atoms with Crippen LogP contribution in [0.4, 0.5) is 0 Å². The minimum atomic E-state index is -3.65. The number of hydrogen-bond acceptors (Lipinski definition) is 4. The van der Waals surface area contributed by atoms with Gasteiger partial charge in [-0.15, -0.1) is 0 Å². The second kappa shape index (κ2) is 11.3. The second-order valence-corrected chi connectivity index (χ2v) is 8.96. The van der Waals surface area contributed by atoms with Crippen LogP contribution in [0.5, 0.6) is 0 Å². The van der Waals surface area contributed by atoms with E-state index < -0.39 is 20.0 Å². The van der Waals surface area contributed by atoms with E-state index in [-0.39, 0.29) is 84.8 Å². The van der Waals surface area contributed by atoms with Crippen molar-refractivity contribution in [2.75, 3.05) is 13.1 Å². The molecule has 0 heterocycles. The van der Waals surface area contributed by atoms with Crippen molar-refractivity contribution in [2.45, 2.75) is 23.6 Å². The molecule has 0 saturated carbocycles. The fraction of sp³-hybridized carbons (Fsp3) is 0.250. The molecule has 6 nitrogen and oxygen atoms in total. The van der Waals surface area contributed by atoms with Crippen molar-refractivity contribution in [2.24, 2.45) is 0 Å². The molecule has 0 radical (unpaired) electrons. The third-order valence-electron chi connectivity index (χ3n) is 3.37. The average molecular weight is 416 g/mol. The van der Waals surface area contributed by atoms with Gasteiger partial charge in [0, 0.05) is 13.1 Å². The van der Waals surface area contributed by atoms with E-state index in [2.05, 4.69) is 9.44 Å². The van der Waals surface area contributed by atoms with E-state index in [9.17, 15) is 16.8 Å². The molecule has 10 heteroatoms. The van der Waals surface area contributed by atoms with Gasteiger partial charge >= 0.3 is 59.1 Å². The number of hydrogen-bond donors (Lipinski definition) is 2. The molecule has 0 saturated heterocycles. The van der Waals surface area contributed by atoms with E-state index >= 15 is 0 Å². The monoisotopic (exact) mass is 416 g/mol. The first-order valence-electron chi connectivity index (χ1n) is 7.33. The zero-order chi connectivity index (χ0) is 17.8. The smallest absolute Gasteiger partial charge is 1.00 e. The van der Waals surface area contributed by atoms with E-state index in [4.69, 9.17) is 0 Å². The molecule has 2 rings (SSSR count). The van der Waals surface area contributed by atoms with Crippen LogP contribution in [0.3, 0.4) is 0 Å². The van der Waals surface area contributed by atoms with Crippen molar-refractivity contribution in [1.82, 2.24) is 9.44 Å².